The number of halogens is 2. The fourth-order valence-electron chi connectivity index (χ4n) is 3.56. The Kier molecular flexibility index (Phi) is 6.22. The highest BCUT2D eigenvalue weighted by atomic mass is 35.5. The van der Waals surface area contributed by atoms with Crippen molar-refractivity contribution in [1.29, 1.82) is 0 Å². The number of benzene rings is 2. The minimum atomic E-state index is -0.231. The van der Waals surface area contributed by atoms with Gasteiger partial charge in [-0.25, -0.2) is 9.18 Å². The van der Waals surface area contributed by atoms with Gasteiger partial charge in [-0.2, -0.15) is 0 Å². The molecule has 0 unspecified atom stereocenters. The number of carbonyl (C=O) groups is 1. The van der Waals surface area contributed by atoms with E-state index in [1.165, 1.54) is 6.07 Å². The summed E-state index contributed by atoms with van der Waals surface area (Å²) in [6, 6.07) is 10.7. The molecular weight excluding hydrogens is 365 g/mol. The molecule has 27 heavy (non-hydrogen) atoms. The predicted molar refractivity (Wildman–Crippen MR) is 108 cm³/mol. The third-order valence-electron chi connectivity index (χ3n) is 4.91. The Morgan fingerprint density at radius 1 is 1.15 bits per heavy atom. The zero-order valence-corrected chi connectivity index (χ0v) is 16.5. The van der Waals surface area contributed by atoms with Crippen LogP contribution in [0.3, 0.4) is 0 Å². The van der Waals surface area contributed by atoms with E-state index < -0.39 is 0 Å². The molecule has 2 amide bonds. The normalized spacial score (nSPS) is 14.4. The van der Waals surface area contributed by atoms with Gasteiger partial charge in [-0.15, -0.1) is 0 Å². The van der Waals surface area contributed by atoms with E-state index in [0.717, 1.165) is 34.9 Å². The van der Waals surface area contributed by atoms with E-state index in [1.54, 1.807) is 23.1 Å². The summed E-state index contributed by atoms with van der Waals surface area (Å²) in [5.74, 6) is -0.231. The number of piperazine rings is 1. The van der Waals surface area contributed by atoms with Crippen molar-refractivity contribution >= 4 is 23.3 Å². The Labute approximate surface area is 164 Å². The Hall–Kier alpha value is -2.27. The molecule has 3 rings (SSSR count). The van der Waals surface area contributed by atoms with Crippen molar-refractivity contribution in [3.8, 4) is 0 Å². The lowest BCUT2D eigenvalue weighted by atomic mass is 10.1. The number of carbonyl (C=O) groups excluding carboxylic acids is 1. The van der Waals surface area contributed by atoms with Gasteiger partial charge in [-0.05, 0) is 49.1 Å². The Morgan fingerprint density at radius 3 is 2.52 bits per heavy atom. The summed E-state index contributed by atoms with van der Waals surface area (Å²) < 4.78 is 13.6. The molecule has 0 aliphatic carbocycles. The molecule has 1 aliphatic heterocycles. The number of aryl methyl sites for hydroxylation is 2. The van der Waals surface area contributed by atoms with Gasteiger partial charge in [0.1, 0.15) is 5.82 Å². The van der Waals surface area contributed by atoms with Crippen molar-refractivity contribution < 1.29 is 9.18 Å². The first-order chi connectivity index (χ1) is 13.0. The van der Waals surface area contributed by atoms with E-state index in [1.807, 2.05) is 13.0 Å². The molecule has 0 spiro atoms. The minimum absolute atomic E-state index is 0.0993. The summed E-state index contributed by atoms with van der Waals surface area (Å²) >= 11 is 6.44. The van der Waals surface area contributed by atoms with E-state index in [-0.39, 0.29) is 11.8 Å². The smallest absolute Gasteiger partial charge is 0.317 e. The lowest BCUT2D eigenvalue weighted by Crippen LogP contribution is -2.52. The van der Waals surface area contributed by atoms with E-state index in [9.17, 15) is 9.18 Å². The molecule has 0 atom stereocenters. The van der Waals surface area contributed by atoms with Gasteiger partial charge in [0.05, 0.1) is 10.7 Å². The van der Waals surface area contributed by atoms with Crippen LogP contribution in [0.25, 0.3) is 0 Å². The van der Waals surface area contributed by atoms with Crippen LogP contribution in [0.2, 0.25) is 5.02 Å². The second-order valence-electron chi connectivity index (χ2n) is 6.96. The molecule has 2 aromatic rings. The highest BCUT2D eigenvalue weighted by Crippen LogP contribution is 2.31. The third-order valence-corrected chi connectivity index (χ3v) is 5.20. The van der Waals surface area contributed by atoms with Crippen molar-refractivity contribution in [2.45, 2.75) is 20.3 Å². The molecule has 0 aromatic heterocycles. The number of hydrogen-bond acceptors (Lipinski definition) is 2. The summed E-state index contributed by atoms with van der Waals surface area (Å²) in [5.41, 5.74) is 3.98. The summed E-state index contributed by atoms with van der Waals surface area (Å²) in [6.45, 7) is 7.27. The van der Waals surface area contributed by atoms with Crippen molar-refractivity contribution in [3.05, 3.63) is 63.9 Å². The molecule has 0 radical (unpaired) electrons. The molecule has 1 aliphatic rings. The Bertz CT molecular complexity index is 796. The first-order valence-electron chi connectivity index (χ1n) is 9.23. The van der Waals surface area contributed by atoms with Crippen LogP contribution < -0.4 is 10.2 Å². The quantitative estimate of drug-likeness (QED) is 0.851. The second-order valence-corrected chi connectivity index (χ2v) is 7.37. The molecule has 1 saturated heterocycles. The number of urea groups is 1. The van der Waals surface area contributed by atoms with Crippen molar-refractivity contribution in [3.63, 3.8) is 0 Å². The number of amides is 2. The van der Waals surface area contributed by atoms with Crippen LogP contribution in [0.15, 0.2) is 36.4 Å². The maximum atomic E-state index is 13.6. The SMILES string of the molecule is Cc1cc(C)c(N2CCN(C(=O)NCCc3ccccc3F)CC2)c(Cl)c1. The zero-order valence-electron chi connectivity index (χ0n) is 15.8. The van der Waals surface area contributed by atoms with Crippen LogP contribution in [0, 0.1) is 19.7 Å². The molecule has 4 nitrogen and oxygen atoms in total. The fourth-order valence-corrected chi connectivity index (χ4v) is 4.00. The number of rotatable bonds is 4. The second kappa shape index (κ2) is 8.61. The summed E-state index contributed by atoms with van der Waals surface area (Å²) in [5, 5.41) is 3.65. The average molecular weight is 390 g/mol. The monoisotopic (exact) mass is 389 g/mol. The van der Waals surface area contributed by atoms with Gasteiger partial charge in [-0.3, -0.25) is 0 Å². The Balaban J connectivity index is 1.50. The van der Waals surface area contributed by atoms with Gasteiger partial charge < -0.3 is 15.1 Å². The maximum Gasteiger partial charge on any atom is 0.317 e. The molecule has 2 aromatic carbocycles. The standard InChI is InChI=1S/C21H25ClFN3O/c1-15-13-16(2)20(18(22)14-15)25-9-11-26(12-10-25)21(27)24-8-7-17-5-3-4-6-19(17)23/h3-6,13-14H,7-12H2,1-2H3,(H,24,27). The number of nitrogens with one attached hydrogen (secondary N) is 1. The van der Waals surface area contributed by atoms with E-state index in [2.05, 4.69) is 23.2 Å². The lowest BCUT2D eigenvalue weighted by molar-refractivity contribution is 0.194. The summed E-state index contributed by atoms with van der Waals surface area (Å²) in [4.78, 5) is 16.4. The van der Waals surface area contributed by atoms with Gasteiger partial charge in [0, 0.05) is 32.7 Å². The van der Waals surface area contributed by atoms with Crippen LogP contribution in [0.5, 0.6) is 0 Å². The topological polar surface area (TPSA) is 35.6 Å². The molecule has 144 valence electrons. The van der Waals surface area contributed by atoms with Gasteiger partial charge >= 0.3 is 6.03 Å². The van der Waals surface area contributed by atoms with Crippen LogP contribution in [-0.2, 0) is 6.42 Å². The Morgan fingerprint density at radius 2 is 1.85 bits per heavy atom. The fraction of sp³-hybridized carbons (Fsp3) is 0.381. The van der Waals surface area contributed by atoms with Gasteiger partial charge in [0.2, 0.25) is 0 Å². The van der Waals surface area contributed by atoms with Gasteiger partial charge in [-0.1, -0.05) is 35.9 Å². The zero-order chi connectivity index (χ0) is 19.4. The molecule has 0 saturated carbocycles. The first kappa shape index (κ1) is 19.5. The number of hydrogen-bond donors (Lipinski definition) is 1. The highest BCUT2D eigenvalue weighted by Gasteiger charge is 2.23. The van der Waals surface area contributed by atoms with Gasteiger partial charge in [0.25, 0.3) is 0 Å². The summed E-state index contributed by atoms with van der Waals surface area (Å²) in [6.07, 6.45) is 0.483. The number of nitrogens with zero attached hydrogens (tertiary/aromatic N) is 2. The summed E-state index contributed by atoms with van der Waals surface area (Å²) in [7, 11) is 0. The van der Waals surface area contributed by atoms with Gasteiger partial charge in [0.15, 0.2) is 0 Å². The molecule has 1 heterocycles. The first-order valence-corrected chi connectivity index (χ1v) is 9.61. The van der Waals surface area contributed by atoms with E-state index >= 15 is 0 Å². The molecule has 0 bridgehead atoms. The van der Waals surface area contributed by atoms with E-state index in [0.29, 0.717) is 31.6 Å². The molecule has 6 heteroatoms. The molecular formula is C21H25ClFN3O. The van der Waals surface area contributed by atoms with Crippen LogP contribution in [0.4, 0.5) is 14.9 Å². The van der Waals surface area contributed by atoms with Crippen LogP contribution >= 0.6 is 11.6 Å². The van der Waals surface area contributed by atoms with Crippen molar-refractivity contribution in [2.24, 2.45) is 0 Å². The highest BCUT2D eigenvalue weighted by molar-refractivity contribution is 6.33. The van der Waals surface area contributed by atoms with Crippen molar-refractivity contribution in [2.75, 3.05) is 37.6 Å². The predicted octanol–water partition coefficient (Wildman–Crippen LogP) is 4.17. The maximum absolute atomic E-state index is 13.6. The van der Waals surface area contributed by atoms with E-state index in [4.69, 9.17) is 11.6 Å². The van der Waals surface area contributed by atoms with Crippen LogP contribution in [0.1, 0.15) is 16.7 Å². The minimum Gasteiger partial charge on any atom is -0.367 e. The lowest BCUT2D eigenvalue weighted by Gasteiger charge is -2.37. The molecule has 1 N–H and O–H groups in total. The largest absolute Gasteiger partial charge is 0.367 e. The third kappa shape index (κ3) is 4.72. The van der Waals surface area contributed by atoms with Crippen molar-refractivity contribution in [1.82, 2.24) is 10.2 Å². The molecule has 1 fully saturated rings. The van der Waals surface area contributed by atoms with Crippen LogP contribution in [-0.4, -0.2) is 43.7 Å². The average Bonchev–Trinajstić information content (AvgIpc) is 2.63. The number of anilines is 1.